The Bertz CT molecular complexity index is 1730. The van der Waals surface area contributed by atoms with Crippen molar-refractivity contribution in [2.45, 2.75) is 65.7 Å². The molecule has 0 saturated carbocycles. The molecular weight excluding hydrogens is 546 g/mol. The van der Waals surface area contributed by atoms with E-state index in [1.807, 2.05) is 19.1 Å². The summed E-state index contributed by atoms with van der Waals surface area (Å²) < 4.78 is 0. The van der Waals surface area contributed by atoms with Crippen molar-refractivity contribution >= 4 is 28.4 Å². The minimum Gasteiger partial charge on any atom is -0.307 e. The number of rotatable bonds is 8. The predicted octanol–water partition coefficient (Wildman–Crippen LogP) is 7.73. The van der Waals surface area contributed by atoms with Gasteiger partial charge >= 0.3 is 6.03 Å². The Morgan fingerprint density at radius 2 is 1.73 bits per heavy atom. The van der Waals surface area contributed by atoms with Gasteiger partial charge in [0.2, 0.25) is 0 Å². The number of hydrogen-bond acceptors (Lipinski definition) is 4. The summed E-state index contributed by atoms with van der Waals surface area (Å²) in [5.74, 6) is 7.03. The van der Waals surface area contributed by atoms with Gasteiger partial charge in [0.15, 0.2) is 0 Å². The minimum absolute atomic E-state index is 0.154. The van der Waals surface area contributed by atoms with Gasteiger partial charge in [0.1, 0.15) is 11.3 Å². The first-order chi connectivity index (χ1) is 21.2. The Morgan fingerprint density at radius 3 is 2.41 bits per heavy atom. The fourth-order valence-electron chi connectivity index (χ4n) is 5.83. The molecule has 5 rings (SSSR count). The molecule has 4 aromatic rings. The lowest BCUT2D eigenvalue weighted by Gasteiger charge is -2.26. The van der Waals surface area contributed by atoms with E-state index < -0.39 is 0 Å². The van der Waals surface area contributed by atoms with Crippen molar-refractivity contribution in [3.63, 3.8) is 0 Å². The molecule has 1 saturated heterocycles. The van der Waals surface area contributed by atoms with Crippen LogP contribution in [0, 0.1) is 11.8 Å². The first-order valence-corrected chi connectivity index (χ1v) is 15.8. The van der Waals surface area contributed by atoms with Crippen LogP contribution in [0.5, 0.6) is 0 Å². The zero-order chi connectivity index (χ0) is 31.2. The van der Waals surface area contributed by atoms with E-state index in [0.29, 0.717) is 24.3 Å². The quantitative estimate of drug-likeness (QED) is 0.206. The summed E-state index contributed by atoms with van der Waals surface area (Å²) in [6.07, 6.45) is 4.86. The summed E-state index contributed by atoms with van der Waals surface area (Å²) in [5.41, 5.74) is 6.59. The SMILES string of the molecule is CCCN(C(=O)Nc1c(C(C)C)cc(-c2cccc(C#CCN3CCCC3)c2)cc1C(C)C)c1cc2cccnc2[nH]c1=O. The van der Waals surface area contributed by atoms with E-state index in [1.165, 1.54) is 17.7 Å². The van der Waals surface area contributed by atoms with E-state index in [9.17, 15) is 9.59 Å². The van der Waals surface area contributed by atoms with Crippen LogP contribution in [0.4, 0.5) is 16.2 Å². The van der Waals surface area contributed by atoms with Gasteiger partial charge in [-0.1, -0.05) is 58.6 Å². The maximum Gasteiger partial charge on any atom is 0.326 e. The number of aromatic amines is 1. The van der Waals surface area contributed by atoms with Crippen molar-refractivity contribution in [3.05, 3.63) is 87.8 Å². The third kappa shape index (κ3) is 7.03. The van der Waals surface area contributed by atoms with Gasteiger partial charge in [0.05, 0.1) is 6.54 Å². The number of hydrogen-bond donors (Lipinski definition) is 2. The summed E-state index contributed by atoms with van der Waals surface area (Å²) in [6, 6.07) is 17.9. The molecule has 2 N–H and O–H groups in total. The molecule has 0 radical (unpaired) electrons. The molecule has 0 unspecified atom stereocenters. The maximum absolute atomic E-state index is 14.0. The predicted molar refractivity (Wildman–Crippen MR) is 182 cm³/mol. The summed E-state index contributed by atoms with van der Waals surface area (Å²) >= 11 is 0. The molecule has 1 aliphatic rings. The number of pyridine rings is 2. The van der Waals surface area contributed by atoms with Crippen molar-refractivity contribution in [1.82, 2.24) is 14.9 Å². The highest BCUT2D eigenvalue weighted by Gasteiger charge is 2.24. The molecule has 7 heteroatoms. The monoisotopic (exact) mass is 589 g/mol. The number of benzene rings is 2. The van der Waals surface area contributed by atoms with Gasteiger partial charge < -0.3 is 10.3 Å². The lowest BCUT2D eigenvalue weighted by Crippen LogP contribution is -2.39. The molecule has 0 spiro atoms. The van der Waals surface area contributed by atoms with Crippen LogP contribution in [-0.2, 0) is 0 Å². The van der Waals surface area contributed by atoms with Crippen molar-refractivity contribution in [1.29, 1.82) is 0 Å². The van der Waals surface area contributed by atoms with E-state index in [0.717, 1.165) is 58.5 Å². The number of urea groups is 1. The van der Waals surface area contributed by atoms with Gasteiger partial charge in [0.25, 0.3) is 5.56 Å². The van der Waals surface area contributed by atoms with E-state index in [2.05, 4.69) is 96.1 Å². The molecule has 0 aliphatic carbocycles. The van der Waals surface area contributed by atoms with E-state index in [4.69, 9.17) is 0 Å². The number of carbonyl (C=O) groups is 1. The number of H-pyrrole nitrogens is 1. The highest BCUT2D eigenvalue weighted by atomic mass is 16.2. The van der Waals surface area contributed by atoms with Gasteiger partial charge in [-0.05, 0) is 109 Å². The fourth-order valence-corrected chi connectivity index (χ4v) is 5.83. The smallest absolute Gasteiger partial charge is 0.307 e. The molecular formula is C37H43N5O2. The molecule has 44 heavy (non-hydrogen) atoms. The first kappa shape index (κ1) is 31.0. The second-order valence-electron chi connectivity index (χ2n) is 12.2. The molecule has 228 valence electrons. The number of carbonyl (C=O) groups excluding carboxylic acids is 1. The lowest BCUT2D eigenvalue weighted by atomic mass is 9.88. The zero-order valence-electron chi connectivity index (χ0n) is 26.5. The highest BCUT2D eigenvalue weighted by Crippen LogP contribution is 2.37. The van der Waals surface area contributed by atoms with Gasteiger partial charge in [-0.15, -0.1) is 0 Å². The van der Waals surface area contributed by atoms with Gasteiger partial charge in [0, 0.05) is 29.4 Å². The van der Waals surface area contributed by atoms with E-state index in [1.54, 1.807) is 12.3 Å². The molecule has 1 fully saturated rings. The summed E-state index contributed by atoms with van der Waals surface area (Å²) in [5, 5.41) is 4.01. The standard InChI is InChI=1S/C37H43N5O2/c1-6-17-42(33-24-29-15-10-16-38-35(29)40-36(33)43)37(44)39-34-31(25(2)3)22-30(23-32(34)26(4)5)28-14-9-12-27(21-28)13-11-20-41-18-7-8-19-41/h9-10,12,14-16,21-26H,6-8,17-20H2,1-5H3,(H,39,44)(H,38,40,43). The molecule has 3 heterocycles. The van der Waals surface area contributed by atoms with Crippen LogP contribution in [-0.4, -0.2) is 47.1 Å². The number of aromatic nitrogens is 2. The third-order valence-electron chi connectivity index (χ3n) is 8.18. The summed E-state index contributed by atoms with van der Waals surface area (Å²) in [6.45, 7) is 14.1. The Hall–Kier alpha value is -4.41. The fraction of sp³-hybridized carbons (Fsp3) is 0.378. The molecule has 7 nitrogen and oxygen atoms in total. The zero-order valence-corrected chi connectivity index (χ0v) is 26.5. The average Bonchev–Trinajstić information content (AvgIpc) is 3.53. The number of nitrogens with zero attached hydrogens (tertiary/aromatic N) is 3. The van der Waals surface area contributed by atoms with Gasteiger partial charge in [-0.2, -0.15) is 0 Å². The van der Waals surface area contributed by atoms with Crippen molar-refractivity contribution < 1.29 is 4.79 Å². The maximum atomic E-state index is 14.0. The van der Waals surface area contributed by atoms with E-state index >= 15 is 0 Å². The Kier molecular flexibility index (Phi) is 9.82. The summed E-state index contributed by atoms with van der Waals surface area (Å²) in [7, 11) is 0. The van der Waals surface area contributed by atoms with Crippen LogP contribution < -0.4 is 15.8 Å². The molecule has 1 aliphatic heterocycles. The first-order valence-electron chi connectivity index (χ1n) is 15.8. The second-order valence-corrected chi connectivity index (χ2v) is 12.2. The third-order valence-corrected chi connectivity index (χ3v) is 8.18. The van der Waals surface area contributed by atoms with Crippen LogP contribution in [0.25, 0.3) is 22.2 Å². The minimum atomic E-state index is -0.341. The van der Waals surface area contributed by atoms with Crippen molar-refractivity contribution in [3.8, 4) is 23.0 Å². The van der Waals surface area contributed by atoms with Crippen LogP contribution in [0.3, 0.4) is 0 Å². The van der Waals surface area contributed by atoms with Crippen molar-refractivity contribution in [2.24, 2.45) is 0 Å². The average molecular weight is 590 g/mol. The van der Waals surface area contributed by atoms with Gasteiger partial charge in [-0.25, -0.2) is 9.78 Å². The Morgan fingerprint density at radius 1 is 1.00 bits per heavy atom. The number of amides is 2. The molecule has 0 atom stereocenters. The number of fused-ring (bicyclic) bond motifs is 1. The number of likely N-dealkylation sites (tertiary alicyclic amines) is 1. The Balaban J connectivity index is 1.49. The molecule has 2 amide bonds. The van der Waals surface area contributed by atoms with Gasteiger partial charge in [-0.3, -0.25) is 14.6 Å². The second kappa shape index (κ2) is 13.9. The number of nitrogens with one attached hydrogen (secondary N) is 2. The molecule has 0 bridgehead atoms. The van der Waals surface area contributed by atoms with Crippen LogP contribution >= 0.6 is 0 Å². The van der Waals surface area contributed by atoms with Crippen molar-refractivity contribution in [2.75, 3.05) is 36.4 Å². The summed E-state index contributed by atoms with van der Waals surface area (Å²) in [4.78, 5) is 38.1. The van der Waals surface area contributed by atoms with Crippen LogP contribution in [0.1, 0.15) is 82.4 Å². The Labute approximate surface area is 260 Å². The normalized spacial score (nSPS) is 13.3. The van der Waals surface area contributed by atoms with E-state index in [-0.39, 0.29) is 23.4 Å². The molecule has 2 aromatic carbocycles. The topological polar surface area (TPSA) is 81.3 Å². The molecule has 2 aromatic heterocycles. The largest absolute Gasteiger partial charge is 0.326 e. The highest BCUT2D eigenvalue weighted by molar-refractivity contribution is 6.03. The lowest BCUT2D eigenvalue weighted by molar-refractivity contribution is 0.257. The van der Waals surface area contributed by atoms with Crippen LogP contribution in [0.15, 0.2) is 65.6 Å². The van der Waals surface area contributed by atoms with Crippen LogP contribution in [0.2, 0.25) is 0 Å². The number of anilines is 2.